The molecule has 1 fully saturated rings. The van der Waals surface area contributed by atoms with E-state index in [4.69, 9.17) is 28.9 Å². The van der Waals surface area contributed by atoms with Gasteiger partial charge in [0.15, 0.2) is 0 Å². The summed E-state index contributed by atoms with van der Waals surface area (Å²) in [6.07, 6.45) is 10.0. The number of fused-ring (bicyclic) bond motifs is 2. The summed E-state index contributed by atoms with van der Waals surface area (Å²) in [4.78, 5) is 32.9. The zero-order valence-electron chi connectivity index (χ0n) is 31.4. The van der Waals surface area contributed by atoms with E-state index >= 15 is 0 Å². The molecule has 1 aliphatic heterocycles. The molecule has 288 valence electrons. The van der Waals surface area contributed by atoms with Crippen LogP contribution in [0.15, 0.2) is 71.9 Å². The standard InChI is InChI=1S/C42H56N2O9/c1-5-20-44(41(48)49-7-3)38-27-36(43-51-8-4)34-25-30(15-9-11-21-45)33(17-10-12-22-46)39-35-26-32(52-31-16-13-14-29(24-31)28-47)18-19-37(35)53-42(38,40(34)39)50-23-6-2/h6,13-14,16,18-19,24-26,28,30,33,38-40,45-46H,2,5,7-12,15,17,20-23,27H2,1,3-4H3/t30-,33+,38-,39+,40+,42+/m0/s1. The lowest BCUT2D eigenvalue weighted by Gasteiger charge is -2.59. The fraction of sp³-hybridized carbons (Fsp3) is 0.548. The molecule has 53 heavy (non-hydrogen) atoms. The molecule has 0 unspecified atom stereocenters. The van der Waals surface area contributed by atoms with Crippen molar-refractivity contribution in [2.75, 3.05) is 39.6 Å². The number of benzene rings is 2. The molecular weight excluding hydrogens is 676 g/mol. The van der Waals surface area contributed by atoms with Gasteiger partial charge in [-0.1, -0.05) is 49.2 Å². The molecule has 2 N–H and O–H groups in total. The third-order valence-corrected chi connectivity index (χ3v) is 10.5. The van der Waals surface area contributed by atoms with Crippen LogP contribution in [0.2, 0.25) is 0 Å². The summed E-state index contributed by atoms with van der Waals surface area (Å²) >= 11 is 0. The number of carbonyl (C=O) groups excluding carboxylic acids is 2. The predicted octanol–water partition coefficient (Wildman–Crippen LogP) is 7.81. The van der Waals surface area contributed by atoms with Crippen LogP contribution in [0, 0.1) is 17.8 Å². The smallest absolute Gasteiger partial charge is 0.410 e. The van der Waals surface area contributed by atoms with E-state index in [9.17, 15) is 19.8 Å². The first-order valence-electron chi connectivity index (χ1n) is 19.3. The van der Waals surface area contributed by atoms with Crippen molar-refractivity contribution in [2.24, 2.45) is 22.9 Å². The Labute approximate surface area is 313 Å². The second-order valence-corrected chi connectivity index (χ2v) is 13.9. The van der Waals surface area contributed by atoms with Gasteiger partial charge in [0.25, 0.3) is 0 Å². The normalized spacial score (nSPS) is 25.0. The van der Waals surface area contributed by atoms with Crippen LogP contribution in [0.5, 0.6) is 17.2 Å². The Hall–Kier alpha value is -4.19. The molecule has 0 aromatic heterocycles. The van der Waals surface area contributed by atoms with E-state index in [0.29, 0.717) is 61.6 Å². The average Bonchev–Trinajstić information content (AvgIpc) is 3.17. The highest BCUT2D eigenvalue weighted by molar-refractivity contribution is 6.03. The van der Waals surface area contributed by atoms with Crippen molar-refractivity contribution in [3.63, 3.8) is 0 Å². The van der Waals surface area contributed by atoms with Gasteiger partial charge in [0.1, 0.15) is 36.2 Å². The van der Waals surface area contributed by atoms with Gasteiger partial charge in [-0.3, -0.25) is 9.69 Å². The van der Waals surface area contributed by atoms with Crippen LogP contribution in [0.3, 0.4) is 0 Å². The van der Waals surface area contributed by atoms with Crippen LogP contribution >= 0.6 is 0 Å². The number of aldehydes is 1. The number of rotatable bonds is 20. The minimum absolute atomic E-state index is 0.0753. The Morgan fingerprint density at radius 3 is 2.51 bits per heavy atom. The number of aliphatic hydroxyl groups excluding tert-OH is 2. The van der Waals surface area contributed by atoms with Gasteiger partial charge in [0.2, 0.25) is 5.79 Å². The molecule has 3 aliphatic rings. The van der Waals surface area contributed by atoms with Gasteiger partial charge < -0.3 is 34.0 Å². The minimum atomic E-state index is -1.35. The predicted molar refractivity (Wildman–Crippen MR) is 203 cm³/mol. The topological polar surface area (TPSA) is 136 Å². The molecule has 2 aromatic rings. The van der Waals surface area contributed by atoms with Crippen molar-refractivity contribution >= 4 is 18.1 Å². The number of ether oxygens (including phenoxy) is 4. The quantitative estimate of drug-likeness (QED) is 0.0605. The lowest BCUT2D eigenvalue weighted by Crippen LogP contribution is -2.70. The summed E-state index contributed by atoms with van der Waals surface area (Å²) in [5, 5.41) is 24.3. The molecule has 0 radical (unpaired) electrons. The minimum Gasteiger partial charge on any atom is -0.459 e. The molecule has 1 amide bonds. The highest BCUT2D eigenvalue weighted by Crippen LogP contribution is 2.62. The highest BCUT2D eigenvalue weighted by atomic mass is 16.7. The molecule has 11 heteroatoms. The van der Waals surface area contributed by atoms with Crippen LogP contribution in [-0.4, -0.2) is 84.6 Å². The number of carbonyl (C=O) groups is 2. The Morgan fingerprint density at radius 2 is 1.81 bits per heavy atom. The maximum Gasteiger partial charge on any atom is 0.410 e. The van der Waals surface area contributed by atoms with Crippen molar-refractivity contribution in [3.05, 3.63) is 77.9 Å². The number of hydrogen-bond donors (Lipinski definition) is 2. The van der Waals surface area contributed by atoms with E-state index in [1.165, 1.54) is 0 Å². The molecule has 2 aromatic carbocycles. The molecule has 0 bridgehead atoms. The summed E-state index contributed by atoms with van der Waals surface area (Å²) < 4.78 is 26.2. The van der Waals surface area contributed by atoms with Crippen molar-refractivity contribution in [3.8, 4) is 17.2 Å². The fourth-order valence-corrected chi connectivity index (χ4v) is 8.46. The molecule has 11 nitrogen and oxygen atoms in total. The first-order chi connectivity index (χ1) is 25.9. The summed E-state index contributed by atoms with van der Waals surface area (Å²) in [5.74, 6) is -0.0328. The first kappa shape index (κ1) is 40.0. The van der Waals surface area contributed by atoms with Gasteiger partial charge >= 0.3 is 6.09 Å². The molecule has 6 atom stereocenters. The third kappa shape index (κ3) is 8.79. The number of oxime groups is 1. The summed E-state index contributed by atoms with van der Waals surface area (Å²) in [6, 6.07) is 12.2. The maximum atomic E-state index is 13.8. The first-order valence-corrected chi connectivity index (χ1v) is 19.3. The Bertz CT molecular complexity index is 1610. The van der Waals surface area contributed by atoms with Crippen molar-refractivity contribution < 1.29 is 43.6 Å². The van der Waals surface area contributed by atoms with E-state index < -0.39 is 23.8 Å². The number of nitrogens with zero attached hydrogens (tertiary/aromatic N) is 2. The monoisotopic (exact) mass is 732 g/mol. The second-order valence-electron chi connectivity index (χ2n) is 13.9. The van der Waals surface area contributed by atoms with Crippen molar-refractivity contribution in [2.45, 2.75) is 89.9 Å². The molecular formula is C42H56N2O9. The molecule has 1 heterocycles. The van der Waals surface area contributed by atoms with Crippen LogP contribution < -0.4 is 9.47 Å². The van der Waals surface area contributed by atoms with Gasteiger partial charge in [-0.25, -0.2) is 4.79 Å². The largest absolute Gasteiger partial charge is 0.459 e. The molecule has 2 aliphatic carbocycles. The van der Waals surface area contributed by atoms with E-state index in [1.54, 1.807) is 36.1 Å². The van der Waals surface area contributed by atoms with Gasteiger partial charge in [-0.05, 0) is 93.7 Å². The zero-order chi connectivity index (χ0) is 37.8. The highest BCUT2D eigenvalue weighted by Gasteiger charge is 2.65. The summed E-state index contributed by atoms with van der Waals surface area (Å²) in [5.41, 5.74) is 3.16. The molecule has 1 saturated carbocycles. The van der Waals surface area contributed by atoms with Crippen LogP contribution in [0.25, 0.3) is 0 Å². The van der Waals surface area contributed by atoms with E-state index in [1.807, 2.05) is 38.1 Å². The lowest BCUT2D eigenvalue weighted by atomic mass is 9.55. The van der Waals surface area contributed by atoms with E-state index in [2.05, 4.69) is 12.7 Å². The average molecular weight is 733 g/mol. The zero-order valence-corrected chi connectivity index (χ0v) is 31.4. The van der Waals surface area contributed by atoms with Gasteiger partial charge in [0.05, 0.1) is 24.8 Å². The Kier molecular flexibility index (Phi) is 14.5. The molecule has 5 rings (SSSR count). The Balaban J connectivity index is 1.77. The second kappa shape index (κ2) is 19.2. The fourth-order valence-electron chi connectivity index (χ4n) is 8.46. The molecule has 0 spiro atoms. The van der Waals surface area contributed by atoms with Gasteiger partial charge in [-0.2, -0.15) is 0 Å². The van der Waals surface area contributed by atoms with Crippen LogP contribution in [-0.2, 0) is 14.3 Å². The van der Waals surface area contributed by atoms with Gasteiger partial charge in [0, 0.05) is 43.2 Å². The summed E-state index contributed by atoms with van der Waals surface area (Å²) in [6.45, 7) is 11.1. The van der Waals surface area contributed by atoms with Crippen molar-refractivity contribution in [1.29, 1.82) is 0 Å². The number of aliphatic hydroxyl groups is 2. The number of allylic oxidation sites excluding steroid dienone is 1. The van der Waals surface area contributed by atoms with E-state index in [0.717, 1.165) is 48.8 Å². The van der Waals surface area contributed by atoms with Crippen LogP contribution in [0.1, 0.15) is 94.0 Å². The molecule has 0 saturated heterocycles. The Morgan fingerprint density at radius 1 is 1.04 bits per heavy atom. The van der Waals surface area contributed by atoms with Gasteiger partial charge in [-0.15, -0.1) is 6.58 Å². The third-order valence-electron chi connectivity index (χ3n) is 10.5. The maximum absolute atomic E-state index is 13.8. The van der Waals surface area contributed by atoms with Crippen molar-refractivity contribution in [1.82, 2.24) is 4.90 Å². The van der Waals surface area contributed by atoms with Crippen LogP contribution in [0.4, 0.5) is 4.79 Å². The number of hydrogen-bond acceptors (Lipinski definition) is 10. The van der Waals surface area contributed by atoms with E-state index in [-0.39, 0.29) is 44.2 Å². The summed E-state index contributed by atoms with van der Waals surface area (Å²) in [7, 11) is 0. The number of amides is 1. The SMILES string of the molecule is C=CCO[C@@]12Oc3ccc(Oc4cccc(C=O)c4)cc3[C@H]3[C@H](CCCCO)[C@@H](CCCCO)C=C(C(=NOCC)C[C@@H]1N(CCC)C(=O)OCC)[C@H]32. The lowest BCUT2D eigenvalue weighted by molar-refractivity contribution is -0.255. The number of unbranched alkanes of at least 4 members (excludes halogenated alkanes) is 2.